The summed E-state index contributed by atoms with van der Waals surface area (Å²) in [5, 5.41) is 3.06. The number of carbonyl (C=O) groups is 1. The van der Waals surface area contributed by atoms with Crippen molar-refractivity contribution < 1.29 is 4.79 Å². The van der Waals surface area contributed by atoms with Crippen LogP contribution in [-0.4, -0.2) is 11.9 Å². The predicted octanol–water partition coefficient (Wildman–Crippen LogP) is 1.70. The van der Waals surface area contributed by atoms with Crippen LogP contribution in [0.4, 0.5) is 0 Å². The lowest BCUT2D eigenvalue weighted by Gasteiger charge is -2.30. The van der Waals surface area contributed by atoms with Gasteiger partial charge in [-0.3, -0.25) is 4.79 Å². The van der Waals surface area contributed by atoms with Crippen LogP contribution in [0, 0.1) is 11.3 Å². The van der Waals surface area contributed by atoms with E-state index in [1.165, 1.54) is 25.7 Å². The van der Waals surface area contributed by atoms with Gasteiger partial charge in [-0.15, -0.1) is 0 Å². The van der Waals surface area contributed by atoms with Gasteiger partial charge in [-0.05, 0) is 19.8 Å². The quantitative estimate of drug-likeness (QED) is 0.584. The van der Waals surface area contributed by atoms with E-state index in [9.17, 15) is 4.79 Å². The molecule has 0 bridgehead atoms. The Bertz CT molecular complexity index is 206. The Morgan fingerprint density at radius 1 is 1.33 bits per heavy atom. The van der Waals surface area contributed by atoms with E-state index in [0.29, 0.717) is 11.5 Å². The molecule has 1 saturated carbocycles. The Hall–Kier alpha value is -0.530. The highest BCUT2D eigenvalue weighted by Crippen LogP contribution is 2.49. The van der Waals surface area contributed by atoms with Crippen molar-refractivity contribution in [2.24, 2.45) is 11.3 Å². The number of rotatable bonds is 0. The molecule has 1 heterocycles. The van der Waals surface area contributed by atoms with E-state index >= 15 is 0 Å². The standard InChI is InChI=1S/C10H17NO/c1-7-9(12)11-8(2)10(7)5-3-4-6-10/h7-8H,3-6H2,1-2H3,(H,11,12). The molecule has 0 aromatic heterocycles. The average molecular weight is 167 g/mol. The number of carbonyl (C=O) groups excluding carboxylic acids is 1. The Kier molecular flexibility index (Phi) is 1.67. The van der Waals surface area contributed by atoms with Crippen molar-refractivity contribution in [1.29, 1.82) is 0 Å². The molecule has 2 heteroatoms. The third-order valence-corrected chi connectivity index (χ3v) is 4.01. The molecule has 1 amide bonds. The zero-order chi connectivity index (χ0) is 8.77. The normalized spacial score (nSPS) is 39.0. The van der Waals surface area contributed by atoms with Crippen LogP contribution in [-0.2, 0) is 4.79 Å². The molecule has 2 rings (SSSR count). The van der Waals surface area contributed by atoms with Gasteiger partial charge in [0.25, 0.3) is 0 Å². The molecule has 2 nitrogen and oxygen atoms in total. The highest BCUT2D eigenvalue weighted by molar-refractivity contribution is 5.82. The Morgan fingerprint density at radius 3 is 2.33 bits per heavy atom. The first-order chi connectivity index (χ1) is 5.67. The number of amides is 1. The summed E-state index contributed by atoms with van der Waals surface area (Å²) in [6.45, 7) is 4.25. The maximum absolute atomic E-state index is 11.4. The minimum absolute atomic E-state index is 0.245. The summed E-state index contributed by atoms with van der Waals surface area (Å²) < 4.78 is 0. The van der Waals surface area contributed by atoms with Crippen LogP contribution in [0.2, 0.25) is 0 Å². The molecule has 0 aromatic rings. The van der Waals surface area contributed by atoms with Gasteiger partial charge < -0.3 is 5.32 Å². The fourth-order valence-corrected chi connectivity index (χ4v) is 3.02. The van der Waals surface area contributed by atoms with Crippen molar-refractivity contribution >= 4 is 5.91 Å². The topological polar surface area (TPSA) is 29.1 Å². The lowest BCUT2D eigenvalue weighted by atomic mass is 9.73. The molecule has 2 unspecified atom stereocenters. The molecule has 0 radical (unpaired) electrons. The molecule has 2 atom stereocenters. The van der Waals surface area contributed by atoms with E-state index in [-0.39, 0.29) is 11.8 Å². The van der Waals surface area contributed by atoms with Gasteiger partial charge in [0.05, 0.1) is 0 Å². The van der Waals surface area contributed by atoms with E-state index in [1.54, 1.807) is 0 Å². The van der Waals surface area contributed by atoms with Gasteiger partial charge in [-0.1, -0.05) is 19.8 Å². The molecule has 1 aliphatic carbocycles. The summed E-state index contributed by atoms with van der Waals surface area (Å²) in [4.78, 5) is 11.4. The van der Waals surface area contributed by atoms with Crippen molar-refractivity contribution in [2.45, 2.75) is 45.6 Å². The Morgan fingerprint density at radius 2 is 1.92 bits per heavy atom. The van der Waals surface area contributed by atoms with Crippen LogP contribution in [0.1, 0.15) is 39.5 Å². The molecule has 1 saturated heterocycles. The van der Waals surface area contributed by atoms with Crippen molar-refractivity contribution in [1.82, 2.24) is 5.32 Å². The summed E-state index contributed by atoms with van der Waals surface area (Å²) >= 11 is 0. The monoisotopic (exact) mass is 167 g/mol. The summed E-state index contributed by atoms with van der Waals surface area (Å²) in [6.07, 6.45) is 5.11. The maximum atomic E-state index is 11.4. The summed E-state index contributed by atoms with van der Waals surface area (Å²) in [5.74, 6) is 0.513. The van der Waals surface area contributed by atoms with Crippen molar-refractivity contribution in [3.8, 4) is 0 Å². The molecule has 1 aliphatic heterocycles. The summed E-state index contributed by atoms with van der Waals surface area (Å²) in [6, 6.07) is 0.405. The average Bonchev–Trinajstić information content (AvgIpc) is 2.57. The van der Waals surface area contributed by atoms with Gasteiger partial charge in [0.2, 0.25) is 5.91 Å². The molecular weight excluding hydrogens is 150 g/mol. The fourth-order valence-electron chi connectivity index (χ4n) is 3.02. The van der Waals surface area contributed by atoms with Crippen LogP contribution < -0.4 is 5.32 Å². The second-order valence-electron chi connectivity index (χ2n) is 4.39. The second kappa shape index (κ2) is 2.48. The largest absolute Gasteiger partial charge is 0.353 e. The van der Waals surface area contributed by atoms with Crippen LogP contribution in [0.3, 0.4) is 0 Å². The zero-order valence-corrected chi connectivity index (χ0v) is 7.89. The van der Waals surface area contributed by atoms with Crippen LogP contribution in [0.15, 0.2) is 0 Å². The molecule has 0 aromatic carbocycles. The number of hydrogen-bond donors (Lipinski definition) is 1. The first-order valence-electron chi connectivity index (χ1n) is 4.97. The smallest absolute Gasteiger partial charge is 0.223 e. The Labute approximate surface area is 73.7 Å². The summed E-state index contributed by atoms with van der Waals surface area (Å²) in [5.41, 5.74) is 0.317. The fraction of sp³-hybridized carbons (Fsp3) is 0.900. The second-order valence-corrected chi connectivity index (χ2v) is 4.39. The zero-order valence-electron chi connectivity index (χ0n) is 7.89. The molecule has 2 aliphatic rings. The maximum Gasteiger partial charge on any atom is 0.223 e. The van der Waals surface area contributed by atoms with Crippen LogP contribution in [0.5, 0.6) is 0 Å². The molecule has 2 fully saturated rings. The first-order valence-corrected chi connectivity index (χ1v) is 4.97. The Balaban J connectivity index is 2.27. The third-order valence-electron chi connectivity index (χ3n) is 4.01. The van der Waals surface area contributed by atoms with E-state index in [4.69, 9.17) is 0 Å². The minimum atomic E-state index is 0.245. The van der Waals surface area contributed by atoms with Gasteiger partial charge in [0.15, 0.2) is 0 Å². The molecule has 68 valence electrons. The SMILES string of the molecule is CC1NC(=O)C(C)C12CCCC2. The van der Waals surface area contributed by atoms with E-state index in [1.807, 2.05) is 0 Å². The van der Waals surface area contributed by atoms with Gasteiger partial charge >= 0.3 is 0 Å². The van der Waals surface area contributed by atoms with Crippen molar-refractivity contribution in [3.63, 3.8) is 0 Å². The van der Waals surface area contributed by atoms with Gasteiger partial charge in [0, 0.05) is 17.4 Å². The third kappa shape index (κ3) is 0.838. The van der Waals surface area contributed by atoms with Crippen molar-refractivity contribution in [2.75, 3.05) is 0 Å². The highest BCUT2D eigenvalue weighted by Gasteiger charge is 2.51. The van der Waals surface area contributed by atoms with Crippen LogP contribution >= 0.6 is 0 Å². The molecular formula is C10H17NO. The minimum Gasteiger partial charge on any atom is -0.353 e. The van der Waals surface area contributed by atoms with Crippen molar-refractivity contribution in [3.05, 3.63) is 0 Å². The number of hydrogen-bond acceptors (Lipinski definition) is 1. The van der Waals surface area contributed by atoms with E-state index < -0.39 is 0 Å². The highest BCUT2D eigenvalue weighted by atomic mass is 16.2. The molecule has 12 heavy (non-hydrogen) atoms. The van der Waals surface area contributed by atoms with E-state index in [2.05, 4.69) is 19.2 Å². The molecule has 1 spiro atoms. The number of nitrogens with one attached hydrogen (secondary N) is 1. The van der Waals surface area contributed by atoms with Gasteiger partial charge in [-0.2, -0.15) is 0 Å². The van der Waals surface area contributed by atoms with E-state index in [0.717, 1.165) is 0 Å². The lowest BCUT2D eigenvalue weighted by Crippen LogP contribution is -2.33. The van der Waals surface area contributed by atoms with Crippen LogP contribution in [0.25, 0.3) is 0 Å². The molecule has 1 N–H and O–H groups in total. The first kappa shape index (κ1) is 8.09. The lowest BCUT2D eigenvalue weighted by molar-refractivity contribution is -0.123. The van der Waals surface area contributed by atoms with Gasteiger partial charge in [0.1, 0.15) is 0 Å². The summed E-state index contributed by atoms with van der Waals surface area (Å²) in [7, 11) is 0. The van der Waals surface area contributed by atoms with Gasteiger partial charge in [-0.25, -0.2) is 0 Å². The predicted molar refractivity (Wildman–Crippen MR) is 47.7 cm³/mol.